The van der Waals surface area contributed by atoms with Gasteiger partial charge >= 0.3 is 18.9 Å². The maximum absolute atomic E-state index is 11.6. The molecule has 0 spiro atoms. The minimum atomic E-state index is -2.53. The molecule has 0 fully saturated rings. The van der Waals surface area contributed by atoms with Gasteiger partial charge < -0.3 is 4.55 Å². The number of carbonyl (C=O) groups excluding carboxylic acids is 1. The Balaban J connectivity index is 0.00000225. The molecule has 1 rings (SSSR count). The number of ketones is 1. The van der Waals surface area contributed by atoms with Crippen molar-refractivity contribution in [1.29, 1.82) is 0 Å². The molecule has 0 aliphatic rings. The van der Waals surface area contributed by atoms with Gasteiger partial charge in [0.1, 0.15) is 6.10 Å². The van der Waals surface area contributed by atoms with Crippen molar-refractivity contribution in [3.8, 4) is 0 Å². The Labute approximate surface area is 108 Å². The van der Waals surface area contributed by atoms with Crippen LogP contribution in [0.15, 0.2) is 30.3 Å². The number of rotatable bonds is 5. The molecule has 1 N–H and O–H groups in total. The summed E-state index contributed by atoms with van der Waals surface area (Å²) in [6, 6.07) is 8.50. The Morgan fingerprint density at radius 3 is 2.50 bits per heavy atom. The normalized spacial score (nSPS) is 13.6. The van der Waals surface area contributed by atoms with Gasteiger partial charge in [-0.3, -0.25) is 13.8 Å². The molecule has 82 valence electrons. The van der Waals surface area contributed by atoms with Crippen LogP contribution in [0, 0.1) is 0 Å². The van der Waals surface area contributed by atoms with E-state index in [-0.39, 0.29) is 24.6 Å². The fraction of sp³-hybridized carbons (Fsp3) is 0.222. The first-order valence-corrected chi connectivity index (χ1v) is 5.28. The summed E-state index contributed by atoms with van der Waals surface area (Å²) in [5, 5.41) is 0. The maximum atomic E-state index is 11.6. The van der Waals surface area contributed by atoms with Crippen LogP contribution in [0.4, 0.5) is 0 Å². The smallest absolute Gasteiger partial charge is 0.758 e. The standard InChI is InChI=1S/C9H11NO4S.Li/c1-7(14-10-15(12)13)9(11)8-5-3-2-4-6-8;/h2-7,10H,1H3,(H,12,13);/q;+1/p-1. The van der Waals surface area contributed by atoms with E-state index in [1.807, 2.05) is 0 Å². The van der Waals surface area contributed by atoms with Crippen LogP contribution in [0.25, 0.3) is 0 Å². The predicted molar refractivity (Wildman–Crippen MR) is 53.4 cm³/mol. The van der Waals surface area contributed by atoms with Crippen LogP contribution < -0.4 is 23.7 Å². The second kappa shape index (κ2) is 7.74. The first-order chi connectivity index (χ1) is 7.11. The number of nitrogens with one attached hydrogen (secondary N) is 1. The van der Waals surface area contributed by atoms with E-state index in [0.29, 0.717) is 5.56 Å². The summed E-state index contributed by atoms with van der Waals surface area (Å²) in [6.45, 7) is 1.47. The first-order valence-electron chi connectivity index (χ1n) is 4.21. The van der Waals surface area contributed by atoms with Gasteiger partial charge in [0.05, 0.1) is 0 Å². The van der Waals surface area contributed by atoms with E-state index >= 15 is 0 Å². The molecule has 7 heteroatoms. The van der Waals surface area contributed by atoms with Crippen molar-refractivity contribution in [3.05, 3.63) is 35.9 Å². The van der Waals surface area contributed by atoms with Gasteiger partial charge in [0, 0.05) is 16.8 Å². The van der Waals surface area contributed by atoms with Gasteiger partial charge in [0.2, 0.25) is 0 Å². The largest absolute Gasteiger partial charge is 1.00 e. The number of hydrogen-bond acceptors (Lipinski definition) is 4. The van der Waals surface area contributed by atoms with Crippen LogP contribution in [-0.2, 0) is 16.1 Å². The molecule has 5 nitrogen and oxygen atoms in total. The predicted octanol–water partition coefficient (Wildman–Crippen LogP) is -2.42. The quantitative estimate of drug-likeness (QED) is 0.266. The molecule has 0 aromatic heterocycles. The van der Waals surface area contributed by atoms with E-state index in [1.165, 1.54) is 6.92 Å². The van der Waals surface area contributed by atoms with Crippen molar-refractivity contribution in [2.75, 3.05) is 0 Å². The van der Waals surface area contributed by atoms with Gasteiger partial charge in [0.15, 0.2) is 5.78 Å². The Bertz CT molecular complexity index is 360. The van der Waals surface area contributed by atoms with Gasteiger partial charge in [-0.2, -0.15) is 0 Å². The van der Waals surface area contributed by atoms with E-state index in [9.17, 15) is 13.6 Å². The third-order valence-corrected chi connectivity index (χ3v) is 1.95. The van der Waals surface area contributed by atoms with Crippen molar-refractivity contribution >= 4 is 17.0 Å². The Kier molecular flexibility index (Phi) is 7.50. The van der Waals surface area contributed by atoms with Crippen LogP contribution >= 0.6 is 0 Å². The van der Waals surface area contributed by atoms with Crippen LogP contribution in [-0.4, -0.2) is 20.6 Å². The zero-order chi connectivity index (χ0) is 11.3. The molecule has 0 saturated heterocycles. The van der Waals surface area contributed by atoms with Gasteiger partial charge in [-0.1, -0.05) is 30.3 Å². The van der Waals surface area contributed by atoms with Crippen LogP contribution in [0.1, 0.15) is 17.3 Å². The second-order valence-corrected chi connectivity index (χ2v) is 3.44. The minimum Gasteiger partial charge on any atom is -0.758 e. The zero-order valence-electron chi connectivity index (χ0n) is 9.01. The summed E-state index contributed by atoms with van der Waals surface area (Å²) in [7, 11) is 0. The van der Waals surface area contributed by atoms with Crippen molar-refractivity contribution in [2.45, 2.75) is 13.0 Å². The van der Waals surface area contributed by atoms with E-state index in [4.69, 9.17) is 0 Å². The second-order valence-electron chi connectivity index (χ2n) is 2.81. The minimum absolute atomic E-state index is 0. The van der Waals surface area contributed by atoms with E-state index in [0.717, 1.165) is 0 Å². The summed E-state index contributed by atoms with van der Waals surface area (Å²) in [4.78, 5) is 17.9. The number of carbonyl (C=O) groups is 1. The summed E-state index contributed by atoms with van der Waals surface area (Å²) < 4.78 is 20.2. The molecular formula is C9H10LiNO4S. The molecule has 0 amide bonds. The van der Waals surface area contributed by atoms with Crippen molar-refractivity contribution in [3.63, 3.8) is 0 Å². The molecule has 1 aromatic rings. The van der Waals surface area contributed by atoms with Crippen LogP contribution in [0.3, 0.4) is 0 Å². The maximum Gasteiger partial charge on any atom is 1.00 e. The fourth-order valence-corrected chi connectivity index (χ4v) is 1.23. The van der Waals surface area contributed by atoms with Crippen molar-refractivity contribution in [2.24, 2.45) is 0 Å². The van der Waals surface area contributed by atoms with Crippen molar-refractivity contribution in [1.82, 2.24) is 4.89 Å². The van der Waals surface area contributed by atoms with E-state index in [1.54, 1.807) is 35.2 Å². The third-order valence-electron chi connectivity index (χ3n) is 1.72. The zero-order valence-corrected chi connectivity index (χ0v) is 9.82. The monoisotopic (exact) mass is 235 g/mol. The molecule has 0 aliphatic carbocycles. The fourth-order valence-electron chi connectivity index (χ4n) is 1.00. The van der Waals surface area contributed by atoms with Crippen LogP contribution in [0.2, 0.25) is 0 Å². The third kappa shape index (κ3) is 5.03. The Morgan fingerprint density at radius 2 is 2.00 bits per heavy atom. The molecule has 16 heavy (non-hydrogen) atoms. The van der Waals surface area contributed by atoms with Gasteiger partial charge in [0.25, 0.3) is 0 Å². The van der Waals surface area contributed by atoms with Crippen LogP contribution in [0.5, 0.6) is 0 Å². The number of Topliss-reactive ketones (excluding diaryl/α,β-unsaturated/α-hetero) is 1. The topological polar surface area (TPSA) is 78.5 Å². The molecule has 0 radical (unpaired) electrons. The molecule has 1 aromatic carbocycles. The van der Waals surface area contributed by atoms with Gasteiger partial charge in [-0.25, -0.2) is 0 Å². The number of benzene rings is 1. The molecule has 2 atom stereocenters. The average molecular weight is 235 g/mol. The molecule has 0 saturated carbocycles. The molecule has 0 aliphatic heterocycles. The van der Waals surface area contributed by atoms with Gasteiger partial charge in [-0.15, -0.1) is 4.89 Å². The SMILES string of the molecule is CC(ONS(=O)[O-])C(=O)c1ccccc1.[Li+]. The van der Waals surface area contributed by atoms with Crippen molar-refractivity contribution < 1.29 is 37.3 Å². The summed E-state index contributed by atoms with van der Waals surface area (Å²) in [5.74, 6) is -0.284. The molecular weight excluding hydrogens is 225 g/mol. The Hall–Kier alpha value is -0.483. The summed E-state index contributed by atoms with van der Waals surface area (Å²) >= 11 is -2.53. The first kappa shape index (κ1) is 15.5. The Morgan fingerprint density at radius 1 is 1.44 bits per heavy atom. The van der Waals surface area contributed by atoms with E-state index in [2.05, 4.69) is 4.84 Å². The van der Waals surface area contributed by atoms with E-state index < -0.39 is 17.4 Å². The molecule has 0 bridgehead atoms. The summed E-state index contributed by atoms with van der Waals surface area (Å²) in [5.41, 5.74) is 0.475. The molecule has 0 heterocycles. The molecule has 2 unspecified atom stereocenters. The average Bonchev–Trinajstić information content (AvgIpc) is 2.26. The summed E-state index contributed by atoms with van der Waals surface area (Å²) in [6.07, 6.45) is -0.856. The van der Waals surface area contributed by atoms with Gasteiger partial charge in [-0.05, 0) is 6.92 Å². The number of hydrogen-bond donors (Lipinski definition) is 1.